The van der Waals surface area contributed by atoms with Crippen molar-refractivity contribution in [1.29, 1.82) is 0 Å². The van der Waals surface area contributed by atoms with E-state index < -0.39 is 11.7 Å². The van der Waals surface area contributed by atoms with Crippen LogP contribution in [0.1, 0.15) is 34.6 Å². The van der Waals surface area contributed by atoms with Gasteiger partial charge in [-0.3, -0.25) is 24.1 Å². The van der Waals surface area contributed by atoms with Gasteiger partial charge in [0.15, 0.2) is 0 Å². The second-order valence-corrected chi connectivity index (χ2v) is 9.66. The third-order valence-corrected chi connectivity index (χ3v) is 5.23. The molecule has 3 rings (SSSR count). The fraction of sp³-hybridized carbons (Fsp3) is 0.346. The van der Waals surface area contributed by atoms with Gasteiger partial charge in [-0.1, -0.05) is 44.2 Å². The van der Waals surface area contributed by atoms with Crippen molar-refractivity contribution < 1.29 is 14.3 Å². The summed E-state index contributed by atoms with van der Waals surface area (Å²) in [5, 5.41) is 1.99. The number of pyridine rings is 1. The molecule has 0 spiro atoms. The van der Waals surface area contributed by atoms with E-state index in [0.29, 0.717) is 40.8 Å². The molecule has 8 heteroatoms. The van der Waals surface area contributed by atoms with Crippen LogP contribution in [0.3, 0.4) is 0 Å². The zero-order valence-corrected chi connectivity index (χ0v) is 20.5. The number of amides is 2. The molecular weight excluding hydrogens is 432 g/mol. The molecule has 1 aromatic heterocycles. The van der Waals surface area contributed by atoms with E-state index >= 15 is 0 Å². The van der Waals surface area contributed by atoms with E-state index in [9.17, 15) is 14.4 Å². The summed E-state index contributed by atoms with van der Waals surface area (Å²) in [6.45, 7) is 9.79. The number of nitrogens with two attached hydrogens (primary N) is 1. The van der Waals surface area contributed by atoms with E-state index in [1.165, 1.54) is 4.90 Å². The maximum absolute atomic E-state index is 13.7. The number of anilines is 2. The first kappa shape index (κ1) is 25.0. The number of hydrogen-bond acceptors (Lipinski definition) is 5. The number of hydrazine groups is 1. The second-order valence-electron chi connectivity index (χ2n) is 9.66. The first-order valence-electron chi connectivity index (χ1n) is 11.2. The molecule has 0 aliphatic carbocycles. The lowest BCUT2D eigenvalue weighted by Gasteiger charge is -2.29. The van der Waals surface area contributed by atoms with Crippen molar-refractivity contribution in [2.45, 2.75) is 46.8 Å². The molecule has 2 N–H and O–H groups in total. The zero-order valence-electron chi connectivity index (χ0n) is 20.5. The summed E-state index contributed by atoms with van der Waals surface area (Å²) in [5.41, 5.74) is 0.948. The average Bonchev–Trinajstić information content (AvgIpc) is 2.78. The molecule has 0 unspecified atom stereocenters. The van der Waals surface area contributed by atoms with Crippen molar-refractivity contribution in [2.24, 2.45) is 11.8 Å². The van der Waals surface area contributed by atoms with Crippen LogP contribution in [0.5, 0.6) is 0 Å². The smallest absolute Gasteiger partial charge is 0.415 e. The van der Waals surface area contributed by atoms with Crippen LogP contribution in [0, 0.1) is 5.92 Å². The van der Waals surface area contributed by atoms with E-state index in [1.54, 1.807) is 50.6 Å². The lowest BCUT2D eigenvalue weighted by Crippen LogP contribution is -2.38. The third kappa shape index (κ3) is 5.12. The summed E-state index contributed by atoms with van der Waals surface area (Å²) in [6, 6.07) is 14.5. The number of carbonyl (C=O) groups excluding carboxylic acids is 2. The topological polar surface area (TPSA) is 97.9 Å². The molecule has 0 radical (unpaired) electrons. The minimum atomic E-state index is -0.713. The highest BCUT2D eigenvalue weighted by Crippen LogP contribution is 2.38. The molecule has 8 nitrogen and oxygen atoms in total. The van der Waals surface area contributed by atoms with Crippen LogP contribution in [-0.2, 0) is 16.1 Å². The van der Waals surface area contributed by atoms with Crippen molar-refractivity contribution in [3.05, 3.63) is 58.9 Å². The number of aromatic nitrogens is 1. The van der Waals surface area contributed by atoms with Crippen molar-refractivity contribution in [3.8, 4) is 11.1 Å². The van der Waals surface area contributed by atoms with E-state index in [0.717, 1.165) is 10.6 Å². The Morgan fingerprint density at radius 3 is 2.32 bits per heavy atom. The highest BCUT2D eigenvalue weighted by molar-refractivity contribution is 6.06. The van der Waals surface area contributed by atoms with Gasteiger partial charge in [-0.25, -0.2) is 10.6 Å². The fourth-order valence-corrected chi connectivity index (χ4v) is 3.83. The van der Waals surface area contributed by atoms with E-state index in [1.807, 2.05) is 44.2 Å². The van der Waals surface area contributed by atoms with E-state index in [4.69, 9.17) is 10.6 Å². The summed E-state index contributed by atoms with van der Waals surface area (Å²) in [5.74, 6) is 6.37. The summed E-state index contributed by atoms with van der Waals surface area (Å²) in [7, 11) is 1.60. The molecule has 0 saturated carbocycles. The molecule has 0 aliphatic heterocycles. The summed E-state index contributed by atoms with van der Waals surface area (Å²) in [4.78, 5) is 39.5. The fourth-order valence-electron chi connectivity index (χ4n) is 3.83. The number of ether oxygens (including phenoxy) is 1. The first-order chi connectivity index (χ1) is 15.9. The molecule has 180 valence electrons. The van der Waals surface area contributed by atoms with Crippen molar-refractivity contribution in [2.75, 3.05) is 17.0 Å². The van der Waals surface area contributed by atoms with E-state index in [2.05, 4.69) is 0 Å². The predicted octanol–water partition coefficient (Wildman–Crippen LogP) is 4.53. The number of rotatable bonds is 6. The van der Waals surface area contributed by atoms with Gasteiger partial charge in [0, 0.05) is 29.9 Å². The molecule has 3 aromatic rings. The number of fused-ring (bicyclic) bond motifs is 1. The Morgan fingerprint density at radius 2 is 1.76 bits per heavy atom. The summed E-state index contributed by atoms with van der Waals surface area (Å²) < 4.78 is 7.26. The number of carbonyl (C=O) groups is 2. The van der Waals surface area contributed by atoms with Crippen LogP contribution in [0.2, 0.25) is 0 Å². The highest BCUT2D eigenvalue weighted by atomic mass is 16.6. The van der Waals surface area contributed by atoms with E-state index in [-0.39, 0.29) is 11.5 Å². The number of nitrogens with zero attached hydrogens (tertiary/aromatic N) is 3. The molecule has 2 amide bonds. The van der Waals surface area contributed by atoms with Crippen LogP contribution in [-0.4, -0.2) is 29.7 Å². The Morgan fingerprint density at radius 1 is 1.12 bits per heavy atom. The summed E-state index contributed by atoms with van der Waals surface area (Å²) in [6.07, 6.45) is -0.0812. The number of hydrogen-bond donors (Lipinski definition) is 1. The van der Waals surface area contributed by atoms with Gasteiger partial charge in [0.05, 0.1) is 5.69 Å². The van der Waals surface area contributed by atoms with Crippen LogP contribution < -0.4 is 21.3 Å². The predicted molar refractivity (Wildman–Crippen MR) is 136 cm³/mol. The Bertz CT molecular complexity index is 1260. The molecule has 0 saturated heterocycles. The Kier molecular flexibility index (Phi) is 7.12. The van der Waals surface area contributed by atoms with Gasteiger partial charge in [-0.05, 0) is 50.5 Å². The minimum Gasteiger partial charge on any atom is -0.443 e. The van der Waals surface area contributed by atoms with Gasteiger partial charge >= 0.3 is 6.09 Å². The monoisotopic (exact) mass is 464 g/mol. The van der Waals surface area contributed by atoms with Gasteiger partial charge in [-0.2, -0.15) is 0 Å². The molecule has 0 fully saturated rings. The molecule has 1 heterocycles. The second kappa shape index (κ2) is 9.69. The first-order valence-corrected chi connectivity index (χ1v) is 11.2. The Hall–Kier alpha value is -3.65. The largest absolute Gasteiger partial charge is 0.443 e. The Labute approximate surface area is 199 Å². The Balaban J connectivity index is 2.47. The SMILES string of the molecule is CC(C)Cn1c(N(C)C(=O)OC(C)(C)C)c(-c2ccccc2)c2cc(N(N)C=O)ccc2c1=O. The molecule has 2 aromatic carbocycles. The van der Waals surface area contributed by atoms with Gasteiger partial charge in [-0.15, -0.1) is 0 Å². The van der Waals surface area contributed by atoms with Crippen LogP contribution in [0.25, 0.3) is 21.9 Å². The standard InChI is InChI=1S/C26H32N4O4/c1-17(2)15-29-23(28(6)25(33)34-26(3,4)5)22(18-10-8-7-9-11-18)21-14-19(30(27)16-31)12-13-20(21)24(29)32/h7-14,16-17H,15,27H2,1-6H3. The minimum absolute atomic E-state index is 0.137. The van der Waals surface area contributed by atoms with Crippen LogP contribution in [0.4, 0.5) is 16.3 Å². The highest BCUT2D eigenvalue weighted by Gasteiger charge is 2.28. The third-order valence-electron chi connectivity index (χ3n) is 5.23. The summed E-state index contributed by atoms with van der Waals surface area (Å²) >= 11 is 0. The lowest BCUT2D eigenvalue weighted by atomic mass is 9.97. The van der Waals surface area contributed by atoms with Gasteiger partial charge < -0.3 is 4.74 Å². The molecular formula is C26H32N4O4. The molecule has 0 bridgehead atoms. The van der Waals surface area contributed by atoms with Gasteiger partial charge in [0.1, 0.15) is 11.4 Å². The normalized spacial score (nSPS) is 11.5. The molecule has 0 atom stereocenters. The lowest BCUT2D eigenvalue weighted by molar-refractivity contribution is -0.107. The van der Waals surface area contributed by atoms with Crippen molar-refractivity contribution in [1.82, 2.24) is 4.57 Å². The van der Waals surface area contributed by atoms with Crippen LogP contribution in [0.15, 0.2) is 53.3 Å². The van der Waals surface area contributed by atoms with Crippen LogP contribution >= 0.6 is 0 Å². The van der Waals surface area contributed by atoms with Gasteiger partial charge in [0.25, 0.3) is 5.56 Å². The molecule has 34 heavy (non-hydrogen) atoms. The average molecular weight is 465 g/mol. The van der Waals surface area contributed by atoms with Gasteiger partial charge in [0.2, 0.25) is 6.41 Å². The maximum Gasteiger partial charge on any atom is 0.415 e. The quantitative estimate of drug-likeness (QED) is 0.250. The van der Waals surface area contributed by atoms with Crippen molar-refractivity contribution in [3.63, 3.8) is 0 Å². The van der Waals surface area contributed by atoms with Crippen molar-refractivity contribution >= 4 is 34.8 Å². The maximum atomic E-state index is 13.7. The number of benzene rings is 2. The zero-order chi connectivity index (χ0) is 25.2. The molecule has 0 aliphatic rings.